The van der Waals surface area contributed by atoms with Gasteiger partial charge in [-0.3, -0.25) is 10.1 Å². The number of hydrogen-bond acceptors (Lipinski definition) is 6. The molecule has 0 amide bonds. The van der Waals surface area contributed by atoms with E-state index >= 15 is 0 Å². The van der Waals surface area contributed by atoms with Crippen molar-refractivity contribution in [1.29, 1.82) is 5.26 Å². The molecule has 7 heteroatoms. The summed E-state index contributed by atoms with van der Waals surface area (Å²) in [4.78, 5) is 16.8. The van der Waals surface area contributed by atoms with Crippen LogP contribution in [0.2, 0.25) is 0 Å². The second-order valence-electron chi connectivity index (χ2n) is 7.29. The molecular weight excluding hydrogens is 354 g/mol. The average molecular weight is 374 g/mol. The van der Waals surface area contributed by atoms with E-state index in [9.17, 15) is 15.4 Å². The summed E-state index contributed by atoms with van der Waals surface area (Å²) in [6.07, 6.45) is 4.65. The lowest BCUT2D eigenvalue weighted by Crippen LogP contribution is -2.26. The minimum absolute atomic E-state index is 0.0976. The second-order valence-corrected chi connectivity index (χ2v) is 9.47. The van der Waals surface area contributed by atoms with Crippen LogP contribution in [0.1, 0.15) is 48.1 Å². The van der Waals surface area contributed by atoms with Crippen LogP contribution in [-0.2, 0) is 12.8 Å². The third-order valence-corrected chi connectivity index (χ3v) is 6.82. The molecule has 5 nitrogen and oxygen atoms in total. The van der Waals surface area contributed by atoms with E-state index < -0.39 is 4.92 Å². The Kier molecular flexibility index (Phi) is 4.76. The quantitative estimate of drug-likeness (QED) is 0.405. The van der Waals surface area contributed by atoms with Crippen LogP contribution < -0.4 is 0 Å². The van der Waals surface area contributed by atoms with Crippen molar-refractivity contribution in [1.82, 2.24) is 0 Å². The maximum Gasteiger partial charge on any atom is 0.324 e. The minimum Gasteiger partial charge on any atom is -0.258 e. The van der Waals surface area contributed by atoms with Crippen molar-refractivity contribution in [3.63, 3.8) is 0 Å². The van der Waals surface area contributed by atoms with E-state index in [1.54, 1.807) is 23.6 Å². The molecule has 0 aliphatic heterocycles. The fraction of sp³-hybridized carbons (Fsp3) is 0.444. The number of hydrogen-bond donors (Lipinski definition) is 0. The van der Waals surface area contributed by atoms with Gasteiger partial charge in [0.2, 0.25) is 0 Å². The molecule has 3 rings (SSSR count). The van der Waals surface area contributed by atoms with Crippen LogP contribution in [0.25, 0.3) is 0 Å². The van der Waals surface area contributed by atoms with Crippen LogP contribution >= 0.6 is 22.7 Å². The summed E-state index contributed by atoms with van der Waals surface area (Å²) in [7, 11) is 0. The molecule has 0 saturated heterocycles. The minimum atomic E-state index is -0.404. The third-order valence-electron chi connectivity index (χ3n) is 4.68. The Labute approximate surface area is 154 Å². The first-order valence-electron chi connectivity index (χ1n) is 8.12. The van der Waals surface area contributed by atoms with E-state index in [0.717, 1.165) is 46.0 Å². The third kappa shape index (κ3) is 3.65. The molecule has 2 aromatic rings. The summed E-state index contributed by atoms with van der Waals surface area (Å²) in [6, 6.07) is 5.47. The van der Waals surface area contributed by atoms with Crippen molar-refractivity contribution in [3.8, 4) is 6.07 Å². The van der Waals surface area contributed by atoms with Crippen LogP contribution in [0.15, 0.2) is 17.1 Å². The Morgan fingerprint density at radius 2 is 2.16 bits per heavy atom. The van der Waals surface area contributed by atoms with E-state index in [0.29, 0.717) is 11.5 Å². The second kappa shape index (κ2) is 6.70. The number of rotatable bonds is 3. The van der Waals surface area contributed by atoms with Crippen molar-refractivity contribution in [2.45, 2.75) is 40.0 Å². The van der Waals surface area contributed by atoms with Crippen molar-refractivity contribution in [2.24, 2.45) is 16.3 Å². The number of aliphatic imine (C=N–C) groups is 1. The predicted octanol–water partition coefficient (Wildman–Crippen LogP) is 5.49. The molecule has 0 radical (unpaired) electrons. The molecule has 2 aromatic heterocycles. The summed E-state index contributed by atoms with van der Waals surface area (Å²) in [5.74, 6) is 0.613. The van der Waals surface area contributed by atoms with Crippen molar-refractivity contribution in [3.05, 3.63) is 43.1 Å². The van der Waals surface area contributed by atoms with Crippen molar-refractivity contribution in [2.75, 3.05) is 0 Å². The lowest BCUT2D eigenvalue weighted by atomic mass is 9.72. The van der Waals surface area contributed by atoms with Gasteiger partial charge in [0, 0.05) is 17.2 Å². The van der Waals surface area contributed by atoms with E-state index in [1.807, 2.05) is 0 Å². The lowest BCUT2D eigenvalue weighted by molar-refractivity contribution is -0.380. The molecule has 0 N–H and O–H groups in total. The highest BCUT2D eigenvalue weighted by molar-refractivity contribution is 7.17. The molecule has 1 aliphatic carbocycles. The van der Waals surface area contributed by atoms with Gasteiger partial charge in [0.25, 0.3) is 0 Å². The summed E-state index contributed by atoms with van der Waals surface area (Å²) < 4.78 is 0. The predicted molar refractivity (Wildman–Crippen MR) is 102 cm³/mol. The van der Waals surface area contributed by atoms with Gasteiger partial charge in [-0.1, -0.05) is 32.1 Å². The number of fused-ring (bicyclic) bond motifs is 1. The normalized spacial score (nSPS) is 17.4. The first-order valence-corrected chi connectivity index (χ1v) is 9.76. The largest absolute Gasteiger partial charge is 0.324 e. The Morgan fingerprint density at radius 1 is 1.40 bits per heavy atom. The highest BCUT2D eigenvalue weighted by Crippen LogP contribution is 2.44. The highest BCUT2D eigenvalue weighted by atomic mass is 32.1. The van der Waals surface area contributed by atoms with Gasteiger partial charge in [0.05, 0.1) is 15.4 Å². The van der Waals surface area contributed by atoms with Gasteiger partial charge in [0.15, 0.2) is 0 Å². The Bertz CT molecular complexity index is 881. The molecule has 0 aromatic carbocycles. The zero-order chi connectivity index (χ0) is 18.2. The molecule has 130 valence electrons. The van der Waals surface area contributed by atoms with Crippen LogP contribution in [0, 0.1) is 32.8 Å². The van der Waals surface area contributed by atoms with E-state index in [-0.39, 0.29) is 10.4 Å². The van der Waals surface area contributed by atoms with Crippen molar-refractivity contribution < 1.29 is 4.92 Å². The summed E-state index contributed by atoms with van der Waals surface area (Å²) in [5.41, 5.74) is 2.08. The van der Waals surface area contributed by atoms with Gasteiger partial charge < -0.3 is 0 Å². The Morgan fingerprint density at radius 3 is 2.76 bits per heavy atom. The zero-order valence-corrected chi connectivity index (χ0v) is 16.0. The number of nitro groups is 1. The topological polar surface area (TPSA) is 79.3 Å². The molecule has 1 atom stereocenters. The van der Waals surface area contributed by atoms with Crippen LogP contribution in [0.3, 0.4) is 0 Å². The molecular formula is C18H19N3O2S2. The SMILES string of the molecule is CC(C)(C)C1CCc2c(sc(N=Cc3ccc([N+](=O)[O-])s3)c2C#N)C1. The first kappa shape index (κ1) is 17.8. The number of thiophene rings is 2. The van der Waals surface area contributed by atoms with E-state index in [4.69, 9.17) is 0 Å². The molecule has 2 heterocycles. The van der Waals surface area contributed by atoms with E-state index in [1.165, 1.54) is 10.9 Å². The lowest BCUT2D eigenvalue weighted by Gasteiger charge is -2.33. The van der Waals surface area contributed by atoms with Gasteiger partial charge in [-0.25, -0.2) is 4.99 Å². The van der Waals surface area contributed by atoms with Crippen LogP contribution in [-0.4, -0.2) is 11.1 Å². The average Bonchev–Trinajstić information content (AvgIpc) is 3.15. The van der Waals surface area contributed by atoms with Crippen LogP contribution in [0.5, 0.6) is 0 Å². The zero-order valence-electron chi connectivity index (χ0n) is 14.4. The van der Waals surface area contributed by atoms with Crippen molar-refractivity contribution >= 4 is 38.9 Å². The van der Waals surface area contributed by atoms with E-state index in [2.05, 4.69) is 31.8 Å². The van der Waals surface area contributed by atoms with Gasteiger partial charge in [0.1, 0.15) is 11.1 Å². The maximum absolute atomic E-state index is 10.8. The number of nitrogens with zero attached hydrogens (tertiary/aromatic N) is 3. The molecule has 1 aliphatic rings. The monoisotopic (exact) mass is 373 g/mol. The molecule has 0 fully saturated rings. The molecule has 0 bridgehead atoms. The Balaban J connectivity index is 1.88. The Hall–Kier alpha value is -2.04. The van der Waals surface area contributed by atoms with Gasteiger partial charge >= 0.3 is 5.00 Å². The molecule has 1 unspecified atom stereocenters. The maximum atomic E-state index is 10.8. The summed E-state index contributed by atoms with van der Waals surface area (Å²) >= 11 is 2.67. The van der Waals surface area contributed by atoms with Gasteiger partial charge in [-0.2, -0.15) is 5.26 Å². The smallest absolute Gasteiger partial charge is 0.258 e. The molecule has 25 heavy (non-hydrogen) atoms. The fourth-order valence-corrected chi connectivity index (χ4v) is 5.06. The number of nitriles is 1. The molecule has 0 spiro atoms. The standard InChI is InChI=1S/C18H19N3O2S2/c1-18(2,3)11-4-6-13-14(9-19)17(25-15(13)8-11)20-10-12-5-7-16(24-12)21(22)23/h5,7,10-11H,4,6,8H2,1-3H3. The summed E-state index contributed by atoms with van der Waals surface area (Å²) in [6.45, 7) is 6.80. The highest BCUT2D eigenvalue weighted by Gasteiger charge is 2.32. The molecule has 0 saturated carbocycles. The first-order chi connectivity index (χ1) is 11.8. The van der Waals surface area contributed by atoms with Gasteiger partial charge in [-0.05, 0) is 42.2 Å². The summed E-state index contributed by atoms with van der Waals surface area (Å²) in [5, 5.41) is 21.1. The fourth-order valence-electron chi connectivity index (χ4n) is 3.15. The van der Waals surface area contributed by atoms with Gasteiger partial charge in [-0.15, -0.1) is 11.3 Å². The van der Waals surface area contributed by atoms with Crippen LogP contribution in [0.4, 0.5) is 10.0 Å².